The van der Waals surface area contributed by atoms with Crippen molar-refractivity contribution in [3.05, 3.63) is 194 Å². The summed E-state index contributed by atoms with van der Waals surface area (Å²) >= 11 is 1.87. The lowest BCUT2D eigenvalue weighted by atomic mass is 9.96. The maximum absolute atomic E-state index is 2.38. The van der Waals surface area contributed by atoms with Gasteiger partial charge in [0.05, 0.1) is 21.4 Å². The van der Waals surface area contributed by atoms with Crippen molar-refractivity contribution < 1.29 is 0 Å². The van der Waals surface area contributed by atoms with Crippen LogP contribution in [0, 0.1) is 0 Å². The molecule has 240 valence electrons. The van der Waals surface area contributed by atoms with Crippen LogP contribution in [0.2, 0.25) is 0 Å². The van der Waals surface area contributed by atoms with E-state index in [1.165, 1.54) is 75.6 Å². The van der Waals surface area contributed by atoms with E-state index in [0.717, 1.165) is 11.4 Å². The van der Waals surface area contributed by atoms with Crippen molar-refractivity contribution in [3.8, 4) is 27.9 Å². The number of hydrogen-bond acceptors (Lipinski definition) is 2. The SMILES string of the molecule is c1ccc(N(c2ccccc2)c2cccc3c2sc2cccc(-c4ccc(-c5ccc6c7ccccc7n(-c7ccccc7)c6c5)cc4)c23)cc1. The van der Waals surface area contributed by atoms with Crippen molar-refractivity contribution >= 4 is 70.4 Å². The van der Waals surface area contributed by atoms with Gasteiger partial charge >= 0.3 is 0 Å². The molecular formula is C48H32N2S. The summed E-state index contributed by atoms with van der Waals surface area (Å²) in [5.41, 5.74) is 12.0. The largest absolute Gasteiger partial charge is 0.309 e. The van der Waals surface area contributed by atoms with Crippen LogP contribution in [0.5, 0.6) is 0 Å². The van der Waals surface area contributed by atoms with Crippen molar-refractivity contribution in [2.24, 2.45) is 0 Å². The third-order valence-electron chi connectivity index (χ3n) is 9.99. The van der Waals surface area contributed by atoms with Crippen LogP contribution in [-0.2, 0) is 0 Å². The average Bonchev–Trinajstić information content (AvgIpc) is 3.75. The van der Waals surface area contributed by atoms with E-state index in [-0.39, 0.29) is 0 Å². The number of anilines is 3. The van der Waals surface area contributed by atoms with E-state index in [1.54, 1.807) is 0 Å². The molecular weight excluding hydrogens is 637 g/mol. The first-order valence-electron chi connectivity index (χ1n) is 17.4. The Kier molecular flexibility index (Phi) is 7.04. The predicted molar refractivity (Wildman–Crippen MR) is 219 cm³/mol. The molecule has 0 N–H and O–H groups in total. The van der Waals surface area contributed by atoms with Gasteiger partial charge in [0.25, 0.3) is 0 Å². The van der Waals surface area contributed by atoms with Gasteiger partial charge in [0, 0.05) is 43.3 Å². The van der Waals surface area contributed by atoms with E-state index < -0.39 is 0 Å². The van der Waals surface area contributed by atoms with Crippen molar-refractivity contribution in [2.45, 2.75) is 0 Å². The zero-order chi connectivity index (χ0) is 33.7. The molecule has 51 heavy (non-hydrogen) atoms. The molecule has 10 aromatic rings. The maximum Gasteiger partial charge on any atom is 0.0640 e. The van der Waals surface area contributed by atoms with Crippen LogP contribution in [0.3, 0.4) is 0 Å². The highest BCUT2D eigenvalue weighted by Gasteiger charge is 2.19. The average molecular weight is 669 g/mol. The molecule has 2 heterocycles. The van der Waals surface area contributed by atoms with E-state index in [0.29, 0.717) is 0 Å². The number of aromatic nitrogens is 1. The van der Waals surface area contributed by atoms with Gasteiger partial charge in [0.1, 0.15) is 0 Å². The maximum atomic E-state index is 2.38. The summed E-state index contributed by atoms with van der Waals surface area (Å²) in [5.74, 6) is 0. The molecule has 0 saturated carbocycles. The Hall–Kier alpha value is -6.42. The van der Waals surface area contributed by atoms with Crippen LogP contribution in [0.1, 0.15) is 0 Å². The topological polar surface area (TPSA) is 8.17 Å². The normalized spacial score (nSPS) is 11.5. The Morgan fingerprint density at radius 2 is 1.00 bits per heavy atom. The Labute approximate surface area is 300 Å². The van der Waals surface area contributed by atoms with Crippen molar-refractivity contribution in [3.63, 3.8) is 0 Å². The molecule has 0 atom stereocenters. The van der Waals surface area contributed by atoms with Crippen LogP contribution in [0.15, 0.2) is 194 Å². The van der Waals surface area contributed by atoms with Crippen LogP contribution in [0.25, 0.3) is 69.9 Å². The summed E-state index contributed by atoms with van der Waals surface area (Å²) in [7, 11) is 0. The fourth-order valence-corrected chi connectivity index (χ4v) is 8.91. The van der Waals surface area contributed by atoms with E-state index >= 15 is 0 Å². The molecule has 8 aromatic carbocycles. The highest BCUT2D eigenvalue weighted by Crippen LogP contribution is 2.47. The molecule has 0 amide bonds. The van der Waals surface area contributed by atoms with E-state index in [9.17, 15) is 0 Å². The third-order valence-corrected chi connectivity index (χ3v) is 11.2. The first kappa shape index (κ1) is 29.5. The second-order valence-electron chi connectivity index (χ2n) is 12.9. The van der Waals surface area contributed by atoms with Crippen LogP contribution in [-0.4, -0.2) is 4.57 Å². The molecule has 0 saturated heterocycles. The van der Waals surface area contributed by atoms with Gasteiger partial charge in [-0.05, 0) is 82.9 Å². The van der Waals surface area contributed by atoms with Gasteiger partial charge in [0.2, 0.25) is 0 Å². The van der Waals surface area contributed by atoms with Gasteiger partial charge in [-0.2, -0.15) is 0 Å². The van der Waals surface area contributed by atoms with Crippen molar-refractivity contribution in [1.82, 2.24) is 4.57 Å². The number of benzene rings is 8. The van der Waals surface area contributed by atoms with Gasteiger partial charge in [-0.15, -0.1) is 11.3 Å². The summed E-state index contributed by atoms with van der Waals surface area (Å²) in [4.78, 5) is 2.38. The molecule has 10 rings (SSSR count). The van der Waals surface area contributed by atoms with Gasteiger partial charge in [-0.25, -0.2) is 0 Å². The number of nitrogens with zero attached hydrogens (tertiary/aromatic N) is 2. The molecule has 0 bridgehead atoms. The Morgan fingerprint density at radius 3 is 1.75 bits per heavy atom. The molecule has 2 nitrogen and oxygen atoms in total. The molecule has 2 aromatic heterocycles. The molecule has 0 aliphatic carbocycles. The summed E-state index contributed by atoms with van der Waals surface area (Å²) in [6.45, 7) is 0. The lowest BCUT2D eigenvalue weighted by molar-refractivity contribution is 1.18. The lowest BCUT2D eigenvalue weighted by Gasteiger charge is -2.26. The monoisotopic (exact) mass is 668 g/mol. The number of hydrogen-bond donors (Lipinski definition) is 0. The van der Waals surface area contributed by atoms with E-state index in [4.69, 9.17) is 0 Å². The molecule has 0 radical (unpaired) electrons. The van der Waals surface area contributed by atoms with Crippen LogP contribution >= 0.6 is 11.3 Å². The highest BCUT2D eigenvalue weighted by molar-refractivity contribution is 7.26. The fourth-order valence-electron chi connectivity index (χ4n) is 7.68. The van der Waals surface area contributed by atoms with E-state index in [1.807, 2.05) is 11.3 Å². The van der Waals surface area contributed by atoms with Gasteiger partial charge in [0.15, 0.2) is 0 Å². The first-order valence-corrected chi connectivity index (χ1v) is 18.2. The predicted octanol–water partition coefficient (Wildman–Crippen LogP) is 14.0. The minimum absolute atomic E-state index is 1.15. The van der Waals surface area contributed by atoms with Crippen LogP contribution < -0.4 is 4.90 Å². The van der Waals surface area contributed by atoms with Crippen molar-refractivity contribution in [2.75, 3.05) is 4.90 Å². The number of fused-ring (bicyclic) bond motifs is 6. The number of para-hydroxylation sites is 4. The van der Waals surface area contributed by atoms with Gasteiger partial charge in [-0.3, -0.25) is 0 Å². The second-order valence-corrected chi connectivity index (χ2v) is 14.0. The molecule has 0 fully saturated rings. The molecule has 3 heteroatoms. The third kappa shape index (κ3) is 4.93. The van der Waals surface area contributed by atoms with Crippen LogP contribution in [0.4, 0.5) is 17.1 Å². The van der Waals surface area contributed by atoms with E-state index in [2.05, 4.69) is 204 Å². The lowest BCUT2D eigenvalue weighted by Crippen LogP contribution is -2.09. The highest BCUT2D eigenvalue weighted by atomic mass is 32.1. The molecule has 0 unspecified atom stereocenters. The number of thiophene rings is 1. The Balaban J connectivity index is 1.08. The molecule has 0 aliphatic rings. The molecule has 0 aliphatic heterocycles. The smallest absolute Gasteiger partial charge is 0.0640 e. The second kappa shape index (κ2) is 12.2. The number of rotatable bonds is 6. The van der Waals surface area contributed by atoms with Crippen molar-refractivity contribution in [1.29, 1.82) is 0 Å². The Morgan fingerprint density at radius 1 is 0.412 bits per heavy atom. The summed E-state index contributed by atoms with van der Waals surface area (Å²) in [6, 6.07) is 70.2. The summed E-state index contributed by atoms with van der Waals surface area (Å²) in [6.07, 6.45) is 0. The Bertz CT molecular complexity index is 2790. The zero-order valence-electron chi connectivity index (χ0n) is 27.8. The quantitative estimate of drug-likeness (QED) is 0.171. The van der Waals surface area contributed by atoms with Gasteiger partial charge < -0.3 is 9.47 Å². The summed E-state index contributed by atoms with van der Waals surface area (Å²) in [5, 5.41) is 5.13. The minimum atomic E-state index is 1.15. The summed E-state index contributed by atoms with van der Waals surface area (Å²) < 4.78 is 4.96. The standard InChI is InChI=1S/C48H32N2S/c1-4-14-36(15-5-1)49(37-16-6-2-7-17-37)44-24-12-22-42-47-39(21-13-25-46(47)51-48(42)44)34-28-26-33(27-29-34)35-30-31-41-40-20-10-11-23-43(40)50(45(41)32-35)38-18-8-3-9-19-38/h1-32H. The minimum Gasteiger partial charge on any atom is -0.309 e. The first-order chi connectivity index (χ1) is 25.3. The molecule has 0 spiro atoms. The van der Waals surface area contributed by atoms with Gasteiger partial charge in [-0.1, -0.05) is 133 Å². The zero-order valence-corrected chi connectivity index (χ0v) is 28.6. The fraction of sp³-hybridized carbons (Fsp3) is 0.